The fourth-order valence-corrected chi connectivity index (χ4v) is 3.37. The minimum atomic E-state index is 0.0392. The Labute approximate surface area is 135 Å². The van der Waals surface area contributed by atoms with E-state index in [-0.39, 0.29) is 5.43 Å². The number of aryl methyl sites for hydroxylation is 1. The van der Waals surface area contributed by atoms with E-state index < -0.39 is 0 Å². The Hall–Kier alpha value is -2.73. The van der Waals surface area contributed by atoms with Crippen molar-refractivity contribution in [3.05, 3.63) is 69.7 Å². The van der Waals surface area contributed by atoms with Crippen LogP contribution in [0.5, 0.6) is 0 Å². The van der Waals surface area contributed by atoms with Crippen LogP contribution in [0.3, 0.4) is 0 Å². The van der Waals surface area contributed by atoms with E-state index in [4.69, 9.17) is 4.42 Å². The van der Waals surface area contributed by atoms with Crippen molar-refractivity contribution in [1.29, 1.82) is 0 Å². The summed E-state index contributed by atoms with van der Waals surface area (Å²) in [6.07, 6.45) is 1.76. The minimum Gasteiger partial charge on any atom is -0.419 e. The highest BCUT2D eigenvalue weighted by molar-refractivity contribution is 7.17. The van der Waals surface area contributed by atoms with Gasteiger partial charge in [0.25, 0.3) is 0 Å². The lowest BCUT2D eigenvalue weighted by Crippen LogP contribution is -2.07. The van der Waals surface area contributed by atoms with E-state index in [1.54, 1.807) is 12.3 Å². The minimum absolute atomic E-state index is 0.0392. The summed E-state index contributed by atoms with van der Waals surface area (Å²) >= 11 is 1.44. The first-order valence-corrected chi connectivity index (χ1v) is 8.05. The third-order valence-corrected chi connectivity index (χ3v) is 4.65. The smallest absolute Gasteiger partial charge is 0.248 e. The Balaban J connectivity index is 1.70. The highest BCUT2D eigenvalue weighted by Crippen LogP contribution is 2.22. The number of fused-ring (bicyclic) bond motifs is 1. The molecule has 23 heavy (non-hydrogen) atoms. The average Bonchev–Trinajstić information content (AvgIpc) is 3.20. The van der Waals surface area contributed by atoms with Gasteiger partial charge in [-0.2, -0.15) is 0 Å². The van der Waals surface area contributed by atoms with Gasteiger partial charge in [-0.25, -0.2) is 0 Å². The number of hydrogen-bond acceptors (Lipinski definition) is 5. The molecule has 0 saturated heterocycles. The van der Waals surface area contributed by atoms with Crippen molar-refractivity contribution >= 4 is 21.6 Å². The largest absolute Gasteiger partial charge is 0.419 e. The fraction of sp³-hybridized carbons (Fsp3) is 0.118. The van der Waals surface area contributed by atoms with Crippen LogP contribution in [0.4, 0.5) is 0 Å². The van der Waals surface area contributed by atoms with Gasteiger partial charge in [0.1, 0.15) is 6.54 Å². The number of hydrogen-bond donors (Lipinski definition) is 0. The van der Waals surface area contributed by atoms with Crippen molar-refractivity contribution in [3.63, 3.8) is 0 Å². The molecule has 3 aromatic heterocycles. The first kappa shape index (κ1) is 13.9. The molecule has 114 valence electrons. The third kappa shape index (κ3) is 2.47. The molecule has 0 aliphatic rings. The zero-order valence-corrected chi connectivity index (χ0v) is 13.2. The topological polar surface area (TPSA) is 60.9 Å². The van der Waals surface area contributed by atoms with Gasteiger partial charge in [-0.1, -0.05) is 18.2 Å². The van der Waals surface area contributed by atoms with Crippen LogP contribution < -0.4 is 5.43 Å². The van der Waals surface area contributed by atoms with Gasteiger partial charge in [0.2, 0.25) is 11.8 Å². The lowest BCUT2D eigenvalue weighted by Gasteiger charge is -2.04. The average molecular weight is 323 g/mol. The molecule has 0 saturated carbocycles. The van der Waals surface area contributed by atoms with E-state index in [9.17, 15) is 4.79 Å². The van der Waals surface area contributed by atoms with Crippen molar-refractivity contribution in [2.45, 2.75) is 13.5 Å². The van der Waals surface area contributed by atoms with Gasteiger partial charge in [0.05, 0.1) is 10.2 Å². The first-order chi connectivity index (χ1) is 11.2. The fourth-order valence-electron chi connectivity index (χ4n) is 2.55. The van der Waals surface area contributed by atoms with Crippen molar-refractivity contribution < 1.29 is 4.42 Å². The second-order valence-corrected chi connectivity index (χ2v) is 6.17. The van der Waals surface area contributed by atoms with Crippen LogP contribution in [0.2, 0.25) is 0 Å². The van der Waals surface area contributed by atoms with Gasteiger partial charge in [-0.15, -0.1) is 21.5 Å². The molecule has 6 heteroatoms. The summed E-state index contributed by atoms with van der Waals surface area (Å²) in [5, 5.41) is 10.2. The molecule has 0 aliphatic heterocycles. The molecule has 0 amide bonds. The maximum atomic E-state index is 11.8. The predicted molar refractivity (Wildman–Crippen MR) is 89.7 cm³/mol. The number of thiophene rings is 1. The quantitative estimate of drug-likeness (QED) is 0.579. The van der Waals surface area contributed by atoms with Gasteiger partial charge in [0, 0.05) is 17.8 Å². The molecule has 0 fully saturated rings. The standard InChI is InChI=1S/C17H13N3O2S/c1-11-4-2-3-5-12(11)17-19-18-15(22-17)10-20-8-6-14(21)16-13(20)7-9-23-16/h2-9H,10H2,1H3. The molecule has 0 bridgehead atoms. The molecule has 0 spiro atoms. The van der Waals surface area contributed by atoms with Crippen LogP contribution in [0.25, 0.3) is 21.7 Å². The van der Waals surface area contributed by atoms with Gasteiger partial charge in [0.15, 0.2) is 5.43 Å². The van der Waals surface area contributed by atoms with Gasteiger partial charge in [-0.05, 0) is 30.0 Å². The zero-order valence-electron chi connectivity index (χ0n) is 12.4. The van der Waals surface area contributed by atoms with E-state index in [0.717, 1.165) is 21.3 Å². The molecule has 0 radical (unpaired) electrons. The van der Waals surface area contributed by atoms with Crippen molar-refractivity contribution in [1.82, 2.24) is 14.8 Å². The van der Waals surface area contributed by atoms with E-state index in [1.165, 1.54) is 11.3 Å². The van der Waals surface area contributed by atoms with E-state index in [1.807, 2.05) is 47.2 Å². The lowest BCUT2D eigenvalue weighted by atomic mass is 10.1. The van der Waals surface area contributed by atoms with Crippen LogP contribution in [-0.2, 0) is 6.54 Å². The normalized spacial score (nSPS) is 11.2. The van der Waals surface area contributed by atoms with Crippen molar-refractivity contribution in [2.75, 3.05) is 0 Å². The second-order valence-electron chi connectivity index (χ2n) is 5.26. The lowest BCUT2D eigenvalue weighted by molar-refractivity contribution is 0.491. The highest BCUT2D eigenvalue weighted by atomic mass is 32.1. The Bertz CT molecular complexity index is 1050. The highest BCUT2D eigenvalue weighted by Gasteiger charge is 2.12. The molecule has 4 aromatic rings. The molecule has 0 atom stereocenters. The molecular formula is C17H13N3O2S. The molecule has 0 unspecified atom stereocenters. The monoisotopic (exact) mass is 323 g/mol. The predicted octanol–water partition coefficient (Wildman–Crippen LogP) is 3.47. The van der Waals surface area contributed by atoms with Gasteiger partial charge < -0.3 is 8.98 Å². The third-order valence-electron chi connectivity index (χ3n) is 3.73. The number of benzene rings is 1. The SMILES string of the molecule is Cc1ccccc1-c1nnc(Cn2ccc(=O)c3sccc32)o1. The molecule has 5 nitrogen and oxygen atoms in total. The summed E-state index contributed by atoms with van der Waals surface area (Å²) in [6, 6.07) is 11.4. The van der Waals surface area contributed by atoms with Crippen LogP contribution in [-0.4, -0.2) is 14.8 Å². The van der Waals surface area contributed by atoms with Crippen LogP contribution in [0.15, 0.2) is 57.2 Å². The Morgan fingerprint density at radius 1 is 1.17 bits per heavy atom. The maximum absolute atomic E-state index is 11.8. The number of rotatable bonds is 3. The molecule has 1 aromatic carbocycles. The van der Waals surface area contributed by atoms with E-state index >= 15 is 0 Å². The maximum Gasteiger partial charge on any atom is 0.248 e. The first-order valence-electron chi connectivity index (χ1n) is 7.17. The van der Waals surface area contributed by atoms with Crippen LogP contribution in [0, 0.1) is 6.92 Å². The Morgan fingerprint density at radius 3 is 2.91 bits per heavy atom. The van der Waals surface area contributed by atoms with Crippen LogP contribution >= 0.6 is 11.3 Å². The molecule has 4 rings (SSSR count). The van der Waals surface area contributed by atoms with Gasteiger partial charge >= 0.3 is 0 Å². The Morgan fingerprint density at radius 2 is 2.04 bits per heavy atom. The summed E-state index contributed by atoms with van der Waals surface area (Å²) in [5.41, 5.74) is 2.95. The number of pyridine rings is 1. The van der Waals surface area contributed by atoms with Crippen LogP contribution in [0.1, 0.15) is 11.5 Å². The van der Waals surface area contributed by atoms with E-state index in [2.05, 4.69) is 10.2 Å². The molecule has 0 aliphatic carbocycles. The summed E-state index contributed by atoms with van der Waals surface area (Å²) in [5.74, 6) is 1.03. The molecular weight excluding hydrogens is 310 g/mol. The second kappa shape index (κ2) is 5.48. The summed E-state index contributed by atoms with van der Waals surface area (Å²) in [6.45, 7) is 2.45. The number of aromatic nitrogens is 3. The van der Waals surface area contributed by atoms with E-state index in [0.29, 0.717) is 18.3 Å². The molecule has 0 N–H and O–H groups in total. The van der Waals surface area contributed by atoms with Gasteiger partial charge in [-0.3, -0.25) is 4.79 Å². The van der Waals surface area contributed by atoms with Crippen molar-refractivity contribution in [3.8, 4) is 11.5 Å². The summed E-state index contributed by atoms with van der Waals surface area (Å²) in [7, 11) is 0. The zero-order chi connectivity index (χ0) is 15.8. The summed E-state index contributed by atoms with van der Waals surface area (Å²) < 4.78 is 8.48. The van der Waals surface area contributed by atoms with Crippen molar-refractivity contribution in [2.24, 2.45) is 0 Å². The Kier molecular flexibility index (Phi) is 3.31. The molecule has 3 heterocycles. The number of nitrogens with zero attached hydrogens (tertiary/aromatic N) is 3. The summed E-state index contributed by atoms with van der Waals surface area (Å²) in [4.78, 5) is 11.8.